The van der Waals surface area contributed by atoms with Gasteiger partial charge in [0.1, 0.15) is 11.6 Å². The Morgan fingerprint density at radius 1 is 1.33 bits per heavy atom. The molecule has 1 aromatic rings. The highest BCUT2D eigenvalue weighted by Crippen LogP contribution is 2.31. The van der Waals surface area contributed by atoms with E-state index in [4.69, 9.17) is 0 Å². The number of hydrogen-bond donors (Lipinski definition) is 1. The number of nitrogens with one attached hydrogen (secondary N) is 1. The fraction of sp³-hybridized carbons (Fsp3) is 0.538. The van der Waals surface area contributed by atoms with Crippen molar-refractivity contribution >= 4 is 11.7 Å². The van der Waals surface area contributed by atoms with E-state index in [1.807, 2.05) is 4.90 Å². The van der Waals surface area contributed by atoms with Gasteiger partial charge in [0, 0.05) is 19.0 Å². The van der Waals surface area contributed by atoms with Gasteiger partial charge in [-0.05, 0) is 25.0 Å². The number of hydrogen-bond acceptors (Lipinski definition) is 4. The normalized spacial score (nSPS) is 22.5. The lowest BCUT2D eigenvalue weighted by molar-refractivity contribution is -0.274. The van der Waals surface area contributed by atoms with Crippen molar-refractivity contribution in [3.05, 3.63) is 18.3 Å². The summed E-state index contributed by atoms with van der Waals surface area (Å²) in [5.74, 6) is 0.183. The number of pyridine rings is 1. The van der Waals surface area contributed by atoms with Gasteiger partial charge in [-0.1, -0.05) is 0 Å². The van der Waals surface area contributed by atoms with Crippen LogP contribution in [0, 0.1) is 0 Å². The number of aromatic nitrogens is 1. The molecule has 2 aliphatic rings. The van der Waals surface area contributed by atoms with Crippen molar-refractivity contribution in [3.8, 4) is 5.75 Å². The van der Waals surface area contributed by atoms with Crippen LogP contribution in [0.4, 0.5) is 19.0 Å². The molecule has 0 aromatic carbocycles. The zero-order chi connectivity index (χ0) is 15.0. The van der Waals surface area contributed by atoms with Crippen LogP contribution in [0.5, 0.6) is 5.75 Å². The molecule has 1 amide bonds. The molecule has 1 aliphatic heterocycles. The van der Waals surface area contributed by atoms with Gasteiger partial charge < -0.3 is 15.0 Å². The van der Waals surface area contributed by atoms with Gasteiger partial charge in [0.05, 0.1) is 12.2 Å². The van der Waals surface area contributed by atoms with E-state index in [0.717, 1.165) is 19.0 Å². The summed E-state index contributed by atoms with van der Waals surface area (Å²) in [7, 11) is 0. The summed E-state index contributed by atoms with van der Waals surface area (Å²) < 4.78 is 39.8. The zero-order valence-corrected chi connectivity index (χ0v) is 11.1. The van der Waals surface area contributed by atoms with Crippen LogP contribution in [0.25, 0.3) is 0 Å². The fourth-order valence-electron chi connectivity index (χ4n) is 2.44. The molecule has 0 radical (unpaired) electrons. The minimum absolute atomic E-state index is 0.0556. The first-order valence-corrected chi connectivity index (χ1v) is 6.68. The van der Waals surface area contributed by atoms with Gasteiger partial charge in [-0.15, -0.1) is 13.2 Å². The molecular weight excluding hydrogens is 287 g/mol. The van der Waals surface area contributed by atoms with Crippen LogP contribution in [-0.4, -0.2) is 40.8 Å². The van der Waals surface area contributed by atoms with E-state index >= 15 is 0 Å². The van der Waals surface area contributed by atoms with Crippen LogP contribution < -0.4 is 10.1 Å². The van der Waals surface area contributed by atoms with Gasteiger partial charge in [0.2, 0.25) is 5.91 Å². The van der Waals surface area contributed by atoms with Crippen LogP contribution in [-0.2, 0) is 4.79 Å². The summed E-state index contributed by atoms with van der Waals surface area (Å²) in [4.78, 5) is 17.5. The van der Waals surface area contributed by atoms with Gasteiger partial charge in [-0.2, -0.15) is 0 Å². The van der Waals surface area contributed by atoms with Crippen molar-refractivity contribution < 1.29 is 22.7 Å². The number of anilines is 1. The van der Waals surface area contributed by atoms with E-state index in [0.29, 0.717) is 24.8 Å². The Hall–Kier alpha value is -1.99. The Morgan fingerprint density at radius 2 is 2.10 bits per heavy atom. The average molecular weight is 301 g/mol. The molecule has 0 bridgehead atoms. The number of likely N-dealkylation sites (tertiary alicyclic amines) is 1. The average Bonchev–Trinajstić information content (AvgIpc) is 3.15. The van der Waals surface area contributed by atoms with Crippen molar-refractivity contribution in [2.75, 3.05) is 11.9 Å². The summed E-state index contributed by atoms with van der Waals surface area (Å²) in [6, 6.07) is 2.92. The minimum Gasteiger partial charge on any atom is -0.404 e. The van der Waals surface area contributed by atoms with E-state index in [1.54, 1.807) is 0 Å². The van der Waals surface area contributed by atoms with Gasteiger partial charge in [0.15, 0.2) is 0 Å². The van der Waals surface area contributed by atoms with Crippen molar-refractivity contribution in [1.29, 1.82) is 0 Å². The third-order valence-electron chi connectivity index (χ3n) is 3.47. The van der Waals surface area contributed by atoms with Crippen molar-refractivity contribution in [2.45, 2.75) is 37.7 Å². The molecule has 8 heteroatoms. The highest BCUT2D eigenvalue weighted by molar-refractivity contribution is 5.80. The molecule has 3 rings (SSSR count). The molecule has 114 valence electrons. The molecule has 21 heavy (non-hydrogen) atoms. The molecule has 5 nitrogen and oxygen atoms in total. The van der Waals surface area contributed by atoms with Crippen LogP contribution in [0.1, 0.15) is 19.3 Å². The quantitative estimate of drug-likeness (QED) is 0.926. The number of amides is 1. The van der Waals surface area contributed by atoms with Gasteiger partial charge in [-0.25, -0.2) is 4.98 Å². The maximum absolute atomic E-state index is 12.0. The monoisotopic (exact) mass is 301 g/mol. The number of carbonyl (C=O) groups is 1. The van der Waals surface area contributed by atoms with E-state index in [9.17, 15) is 18.0 Å². The molecule has 1 aliphatic carbocycles. The lowest BCUT2D eigenvalue weighted by Crippen LogP contribution is -2.29. The van der Waals surface area contributed by atoms with Crippen LogP contribution in [0.3, 0.4) is 0 Å². The third-order valence-corrected chi connectivity index (χ3v) is 3.47. The minimum atomic E-state index is -4.72. The second kappa shape index (κ2) is 5.09. The maximum Gasteiger partial charge on any atom is 0.573 e. The second-order valence-corrected chi connectivity index (χ2v) is 5.25. The lowest BCUT2D eigenvalue weighted by atomic mass is 10.2. The molecular formula is C13H14F3N3O2. The molecule has 1 unspecified atom stereocenters. The Morgan fingerprint density at radius 3 is 2.67 bits per heavy atom. The number of halogens is 3. The Kier molecular flexibility index (Phi) is 3.38. The topological polar surface area (TPSA) is 54.5 Å². The largest absolute Gasteiger partial charge is 0.573 e. The van der Waals surface area contributed by atoms with Gasteiger partial charge in [0.25, 0.3) is 0 Å². The Labute approximate surface area is 119 Å². The molecule has 1 atom stereocenters. The van der Waals surface area contributed by atoms with Crippen LogP contribution >= 0.6 is 0 Å². The molecule has 0 spiro atoms. The number of rotatable bonds is 4. The fourth-order valence-corrected chi connectivity index (χ4v) is 2.44. The van der Waals surface area contributed by atoms with E-state index in [2.05, 4.69) is 15.0 Å². The number of nitrogens with zero attached hydrogens (tertiary/aromatic N) is 2. The molecule has 2 heterocycles. The van der Waals surface area contributed by atoms with Crippen molar-refractivity contribution in [2.24, 2.45) is 0 Å². The molecule has 1 saturated carbocycles. The first-order chi connectivity index (χ1) is 9.90. The first-order valence-electron chi connectivity index (χ1n) is 6.68. The summed E-state index contributed by atoms with van der Waals surface area (Å²) in [6.07, 6.45) is -1.22. The van der Waals surface area contributed by atoms with Crippen LogP contribution in [0.15, 0.2) is 18.3 Å². The van der Waals surface area contributed by atoms with E-state index < -0.39 is 6.36 Å². The van der Waals surface area contributed by atoms with Crippen molar-refractivity contribution in [1.82, 2.24) is 9.88 Å². The number of alkyl halides is 3. The van der Waals surface area contributed by atoms with E-state index in [1.165, 1.54) is 12.1 Å². The summed E-state index contributed by atoms with van der Waals surface area (Å²) in [6.45, 7) is 0.617. The Balaban J connectivity index is 1.57. The number of carbonyl (C=O) groups excluding carboxylic acids is 1. The standard InChI is InChI=1S/C13H14F3N3O2/c14-13(15,16)21-10-3-4-11(17-6-10)18-8-5-12(20)19(7-8)9-1-2-9/h3-4,6,8-9H,1-2,5,7H2,(H,17,18). The lowest BCUT2D eigenvalue weighted by Gasteiger charge is -2.16. The highest BCUT2D eigenvalue weighted by atomic mass is 19.4. The predicted molar refractivity (Wildman–Crippen MR) is 67.7 cm³/mol. The second-order valence-electron chi connectivity index (χ2n) is 5.25. The molecule has 1 N–H and O–H groups in total. The SMILES string of the molecule is O=C1CC(Nc2ccc(OC(F)(F)F)cn2)CN1C1CC1. The van der Waals surface area contributed by atoms with Gasteiger partial charge in [-0.3, -0.25) is 4.79 Å². The molecule has 2 fully saturated rings. The van der Waals surface area contributed by atoms with Crippen LogP contribution in [0.2, 0.25) is 0 Å². The van der Waals surface area contributed by atoms with E-state index in [-0.39, 0.29) is 17.7 Å². The smallest absolute Gasteiger partial charge is 0.404 e. The molecule has 1 aromatic heterocycles. The third kappa shape index (κ3) is 3.56. The zero-order valence-electron chi connectivity index (χ0n) is 11.1. The summed E-state index contributed by atoms with van der Waals surface area (Å²) in [5.41, 5.74) is 0. The predicted octanol–water partition coefficient (Wildman–Crippen LogP) is 2.16. The maximum atomic E-state index is 12.0. The molecule has 1 saturated heterocycles. The van der Waals surface area contributed by atoms with Gasteiger partial charge >= 0.3 is 6.36 Å². The number of ether oxygens (including phenoxy) is 1. The highest BCUT2D eigenvalue weighted by Gasteiger charge is 2.39. The first kappa shape index (κ1) is 14.0. The summed E-state index contributed by atoms with van der Waals surface area (Å²) in [5, 5.41) is 3.06. The Bertz CT molecular complexity index is 528. The van der Waals surface area contributed by atoms with Crippen molar-refractivity contribution in [3.63, 3.8) is 0 Å². The summed E-state index contributed by atoms with van der Waals surface area (Å²) >= 11 is 0.